The van der Waals surface area contributed by atoms with Gasteiger partial charge in [-0.2, -0.15) is 0 Å². The molecule has 0 saturated heterocycles. The van der Waals surface area contributed by atoms with E-state index in [1.807, 2.05) is 13.8 Å². The van der Waals surface area contributed by atoms with Crippen molar-refractivity contribution in [1.29, 1.82) is 0 Å². The lowest BCUT2D eigenvalue weighted by Crippen LogP contribution is -2.62. The number of benzene rings is 2. The third kappa shape index (κ3) is 8.47. The van der Waals surface area contributed by atoms with E-state index >= 15 is 0 Å². The SMILES string of the molecule is C[C@]12CCC(=O)C=C1CC[C@@H]1[C@@H]2[C@@H](O)C[C@@]2(C)[C@H]1CC[C@]2(O)C(=O)CO.C[C@]12CCC(=O)C=C1CC[C@@H]1[C@@H]2[C@@H](O)C[C@@]2(C)[C@H]1CC[C@]2(O)C(=O)CO.O=C(OOC(=O)c1ccccc1)c1ccccc1. The molecule has 6 saturated carbocycles. The summed E-state index contributed by atoms with van der Waals surface area (Å²) in [6.45, 7) is 6.92. The highest BCUT2D eigenvalue weighted by atomic mass is 17.2. The maximum absolute atomic E-state index is 12.4. The average molecular weight is 967 g/mol. The van der Waals surface area contributed by atoms with Crippen LogP contribution in [0.4, 0.5) is 0 Å². The number of carbonyl (C=O) groups excluding carboxylic acids is 6. The van der Waals surface area contributed by atoms with Gasteiger partial charge in [0.25, 0.3) is 0 Å². The van der Waals surface area contributed by atoms with Crippen molar-refractivity contribution in [3.63, 3.8) is 0 Å². The fourth-order valence-corrected chi connectivity index (χ4v) is 15.9. The maximum atomic E-state index is 12.4. The van der Waals surface area contributed by atoms with E-state index in [0.29, 0.717) is 49.7 Å². The summed E-state index contributed by atoms with van der Waals surface area (Å²) >= 11 is 0. The smallest absolute Gasteiger partial charge is 0.386 e. The molecule has 6 fully saturated rings. The van der Waals surface area contributed by atoms with Gasteiger partial charge in [-0.3, -0.25) is 19.2 Å². The molecule has 14 nitrogen and oxygen atoms in total. The molecule has 0 spiro atoms. The Kier molecular flexibility index (Phi) is 14.3. The van der Waals surface area contributed by atoms with Gasteiger partial charge in [-0.15, -0.1) is 0 Å². The number of rotatable bonds is 6. The first-order chi connectivity index (χ1) is 33.1. The van der Waals surface area contributed by atoms with Crippen LogP contribution in [0.25, 0.3) is 0 Å². The molecule has 14 atom stereocenters. The summed E-state index contributed by atoms with van der Waals surface area (Å²) in [5.41, 5.74) is -1.83. The van der Waals surface area contributed by atoms with Gasteiger partial charge >= 0.3 is 11.9 Å². The molecule has 0 bridgehead atoms. The molecule has 378 valence electrons. The minimum atomic E-state index is -1.54. The lowest BCUT2D eigenvalue weighted by Gasteiger charge is -2.60. The Labute approximate surface area is 409 Å². The van der Waals surface area contributed by atoms with Crippen molar-refractivity contribution in [2.75, 3.05) is 13.2 Å². The summed E-state index contributed by atoms with van der Waals surface area (Å²) in [5.74, 6) is -1.14. The molecule has 8 aliphatic rings. The first kappa shape index (κ1) is 51.6. The molecule has 8 aliphatic carbocycles. The molecule has 0 aromatic heterocycles. The first-order valence-corrected chi connectivity index (χ1v) is 25.2. The number of aliphatic hydroxyl groups excluding tert-OH is 4. The second-order valence-electron chi connectivity index (χ2n) is 22.6. The largest absolute Gasteiger partial charge is 0.393 e. The van der Waals surface area contributed by atoms with Gasteiger partial charge in [0.15, 0.2) is 23.1 Å². The highest BCUT2D eigenvalue weighted by Gasteiger charge is 2.70. The Morgan fingerprint density at radius 1 is 0.543 bits per heavy atom. The van der Waals surface area contributed by atoms with Crippen molar-refractivity contribution in [3.8, 4) is 0 Å². The summed E-state index contributed by atoms with van der Waals surface area (Å²) in [7, 11) is 0. The maximum Gasteiger partial charge on any atom is 0.386 e. The third-order valence-electron chi connectivity index (χ3n) is 19.5. The molecule has 10 rings (SSSR count). The van der Waals surface area contributed by atoms with E-state index in [2.05, 4.69) is 23.6 Å². The molecule has 70 heavy (non-hydrogen) atoms. The van der Waals surface area contributed by atoms with Gasteiger partial charge < -0.3 is 30.6 Å². The fraction of sp³-hybridized carbons (Fsp3) is 0.607. The summed E-state index contributed by atoms with van der Waals surface area (Å²) in [4.78, 5) is 80.4. The predicted octanol–water partition coefficient (Wildman–Crippen LogP) is 6.18. The van der Waals surface area contributed by atoms with E-state index in [9.17, 15) is 59.4 Å². The second-order valence-corrected chi connectivity index (χ2v) is 22.6. The molecular weight excluding hydrogens is 897 g/mol. The lowest BCUT2D eigenvalue weighted by atomic mass is 9.45. The van der Waals surface area contributed by atoms with Crippen LogP contribution in [0, 0.1) is 57.2 Å². The Morgan fingerprint density at radius 2 is 0.900 bits per heavy atom. The topological polar surface area (TPSA) is 242 Å². The molecule has 2 aromatic rings. The minimum Gasteiger partial charge on any atom is -0.393 e. The Hall–Kier alpha value is -4.70. The molecular formula is C56H70O14. The summed E-state index contributed by atoms with van der Waals surface area (Å²) < 4.78 is 0. The van der Waals surface area contributed by atoms with E-state index in [4.69, 9.17) is 0 Å². The van der Waals surface area contributed by atoms with Gasteiger partial charge in [0.2, 0.25) is 0 Å². The molecule has 0 heterocycles. The number of carbonyl (C=O) groups is 6. The van der Waals surface area contributed by atoms with E-state index in [-0.39, 0.29) is 57.9 Å². The zero-order valence-corrected chi connectivity index (χ0v) is 40.8. The number of fused-ring (bicyclic) bond motifs is 10. The molecule has 0 radical (unpaired) electrons. The summed E-state index contributed by atoms with van der Waals surface area (Å²) in [6, 6.07) is 16.6. The van der Waals surface area contributed by atoms with Crippen LogP contribution in [-0.2, 0) is 29.0 Å². The normalized spacial score (nSPS) is 40.0. The molecule has 6 N–H and O–H groups in total. The van der Waals surface area contributed by atoms with Crippen LogP contribution in [0.2, 0.25) is 0 Å². The van der Waals surface area contributed by atoms with Crippen molar-refractivity contribution in [2.45, 2.75) is 141 Å². The highest BCUT2D eigenvalue weighted by Crippen LogP contribution is 2.69. The van der Waals surface area contributed by atoms with E-state index < -0.39 is 71.0 Å². The standard InChI is InChI=1S/2C21H30O5.C14H10O4/c2*1-19-7-5-13(23)9-12(19)3-4-14-15-6-8-21(26,17(25)11-22)20(15,2)10-16(24)18(14)19;15-13(11-7-3-1-4-8-11)17-18-14(16)12-9-5-2-6-10-12/h2*9,14-16,18,22,24,26H,3-8,10-11H2,1-2H3;1-10H/t2*14-,15-,16-,18+,19-,20-,21-;/m00./s1. The Bertz CT molecular complexity index is 2260. The van der Waals surface area contributed by atoms with Crippen LogP contribution in [0.3, 0.4) is 0 Å². The van der Waals surface area contributed by atoms with Crippen molar-refractivity contribution in [2.24, 2.45) is 57.2 Å². The predicted molar refractivity (Wildman–Crippen MR) is 254 cm³/mol. The van der Waals surface area contributed by atoms with Gasteiger partial charge in [0.05, 0.1) is 23.3 Å². The van der Waals surface area contributed by atoms with Gasteiger partial charge in [-0.1, -0.05) is 75.2 Å². The van der Waals surface area contributed by atoms with Crippen molar-refractivity contribution in [1.82, 2.24) is 0 Å². The number of hydrogen-bond donors (Lipinski definition) is 6. The zero-order valence-electron chi connectivity index (χ0n) is 40.8. The molecule has 0 unspecified atom stereocenters. The Balaban J connectivity index is 0.000000144. The molecule has 0 aliphatic heterocycles. The van der Waals surface area contributed by atoms with Crippen LogP contribution in [-0.4, -0.2) is 102 Å². The van der Waals surface area contributed by atoms with Gasteiger partial charge in [-0.05, 0) is 160 Å². The van der Waals surface area contributed by atoms with Crippen LogP contribution < -0.4 is 0 Å². The Morgan fingerprint density at radius 3 is 1.24 bits per heavy atom. The van der Waals surface area contributed by atoms with Crippen LogP contribution in [0.15, 0.2) is 84.0 Å². The molecule has 14 heteroatoms. The monoisotopic (exact) mass is 966 g/mol. The fourth-order valence-electron chi connectivity index (χ4n) is 15.9. The van der Waals surface area contributed by atoms with Gasteiger partial charge in [0, 0.05) is 23.7 Å². The van der Waals surface area contributed by atoms with Crippen LogP contribution >= 0.6 is 0 Å². The number of ketones is 4. The quantitative estimate of drug-likeness (QED) is 0.140. The second kappa shape index (κ2) is 19.4. The lowest BCUT2D eigenvalue weighted by molar-refractivity contribution is -0.187. The van der Waals surface area contributed by atoms with Crippen LogP contribution in [0.5, 0.6) is 0 Å². The van der Waals surface area contributed by atoms with Gasteiger partial charge in [0.1, 0.15) is 24.4 Å². The number of hydrogen-bond acceptors (Lipinski definition) is 14. The van der Waals surface area contributed by atoms with E-state index in [1.54, 1.807) is 72.8 Å². The average Bonchev–Trinajstić information content (AvgIpc) is 3.78. The third-order valence-corrected chi connectivity index (χ3v) is 19.5. The van der Waals surface area contributed by atoms with E-state index in [0.717, 1.165) is 51.4 Å². The van der Waals surface area contributed by atoms with Crippen molar-refractivity contribution < 1.29 is 69.2 Å². The molecule has 0 amide bonds. The number of Topliss-reactive ketones (excluding diaryl/α,β-unsaturated/α-hetero) is 2. The van der Waals surface area contributed by atoms with Crippen molar-refractivity contribution >= 4 is 35.1 Å². The minimum absolute atomic E-state index is 0.0697. The van der Waals surface area contributed by atoms with Crippen LogP contribution in [0.1, 0.15) is 138 Å². The number of allylic oxidation sites excluding steroid dienone is 2. The summed E-state index contributed by atoms with van der Waals surface area (Å²) in [5, 5.41) is 63.5. The van der Waals surface area contributed by atoms with E-state index in [1.165, 1.54) is 11.1 Å². The highest BCUT2D eigenvalue weighted by molar-refractivity contribution is 5.93. The molecule has 2 aromatic carbocycles. The van der Waals surface area contributed by atoms with Gasteiger partial charge in [-0.25, -0.2) is 19.4 Å². The summed E-state index contributed by atoms with van der Waals surface area (Å²) in [6.07, 6.45) is 11.5. The first-order valence-electron chi connectivity index (χ1n) is 25.2. The number of aliphatic hydroxyl groups is 6. The van der Waals surface area contributed by atoms with Crippen molar-refractivity contribution in [3.05, 3.63) is 95.1 Å². The zero-order chi connectivity index (χ0) is 50.6.